The fourth-order valence-electron chi connectivity index (χ4n) is 4.39. The second-order valence-corrected chi connectivity index (χ2v) is 9.26. The van der Waals surface area contributed by atoms with Crippen LogP contribution in [0.4, 0.5) is 0 Å². The van der Waals surface area contributed by atoms with Crippen molar-refractivity contribution in [1.29, 1.82) is 0 Å². The van der Waals surface area contributed by atoms with E-state index in [-0.39, 0.29) is 17.9 Å². The van der Waals surface area contributed by atoms with E-state index >= 15 is 0 Å². The lowest BCUT2D eigenvalue weighted by atomic mass is 9.83. The maximum atomic E-state index is 12.5. The van der Waals surface area contributed by atoms with E-state index in [1.165, 1.54) is 56.9 Å². The molecule has 1 atom stereocenters. The van der Waals surface area contributed by atoms with Crippen molar-refractivity contribution < 1.29 is 19.1 Å². The van der Waals surface area contributed by atoms with Crippen LogP contribution in [0.3, 0.4) is 0 Å². The normalized spacial score (nSPS) is 15.2. The summed E-state index contributed by atoms with van der Waals surface area (Å²) in [5.74, 6) is -0.360. The number of unbranched alkanes of at least 4 members (excludes halogenated alkanes) is 10. The summed E-state index contributed by atoms with van der Waals surface area (Å²) in [5.41, 5.74) is 2.95. The van der Waals surface area contributed by atoms with Crippen LogP contribution in [0, 0.1) is 5.92 Å². The van der Waals surface area contributed by atoms with Crippen LogP contribution in [-0.4, -0.2) is 25.2 Å². The lowest BCUT2D eigenvalue weighted by Crippen LogP contribution is -2.25. The van der Waals surface area contributed by atoms with Crippen LogP contribution in [0.1, 0.15) is 119 Å². The lowest BCUT2D eigenvalue weighted by molar-refractivity contribution is -0.149. The quantitative estimate of drug-likeness (QED) is 0.200. The number of ether oxygens (including phenoxy) is 2. The number of esters is 2. The van der Waals surface area contributed by atoms with Crippen molar-refractivity contribution in [2.45, 2.75) is 110 Å². The van der Waals surface area contributed by atoms with Crippen LogP contribution in [0.25, 0.3) is 0 Å². The summed E-state index contributed by atoms with van der Waals surface area (Å²) in [6, 6.07) is 5.78. The van der Waals surface area contributed by atoms with Gasteiger partial charge < -0.3 is 9.47 Å². The molecular formula is C28H44O4. The van der Waals surface area contributed by atoms with E-state index in [1.54, 1.807) is 0 Å². The number of carbonyl (C=O) groups excluding carboxylic acids is 2. The molecule has 1 unspecified atom stereocenters. The van der Waals surface area contributed by atoms with Crippen molar-refractivity contribution in [1.82, 2.24) is 0 Å². The first-order valence-corrected chi connectivity index (χ1v) is 13.1. The van der Waals surface area contributed by atoms with E-state index in [9.17, 15) is 9.59 Å². The van der Waals surface area contributed by atoms with E-state index in [4.69, 9.17) is 9.47 Å². The molecule has 4 nitrogen and oxygen atoms in total. The maximum absolute atomic E-state index is 12.5. The Morgan fingerprint density at radius 1 is 0.781 bits per heavy atom. The van der Waals surface area contributed by atoms with Gasteiger partial charge >= 0.3 is 11.9 Å². The van der Waals surface area contributed by atoms with Gasteiger partial charge in [-0.2, -0.15) is 0 Å². The smallest absolute Gasteiger partial charge is 0.338 e. The van der Waals surface area contributed by atoms with Crippen molar-refractivity contribution in [3.63, 3.8) is 0 Å². The summed E-state index contributed by atoms with van der Waals surface area (Å²) in [4.78, 5) is 24.8. The van der Waals surface area contributed by atoms with E-state index in [0.29, 0.717) is 25.2 Å². The molecule has 0 radical (unpaired) electrons. The Morgan fingerprint density at radius 2 is 1.38 bits per heavy atom. The highest BCUT2D eigenvalue weighted by molar-refractivity contribution is 5.89. The summed E-state index contributed by atoms with van der Waals surface area (Å²) in [6.07, 6.45) is 16.5. The minimum atomic E-state index is -0.234. The highest BCUT2D eigenvalue weighted by Crippen LogP contribution is 2.27. The third-order valence-corrected chi connectivity index (χ3v) is 6.48. The standard InChI is InChI=1S/C28H44O4/c1-3-5-7-9-11-13-19-31-27(29)25-17-15-24-22-26(18-16-23(24)21-25)28(30)32-20-14-12-10-8-6-4-2/h15,17,21,26H,3-14,16,18-20,22H2,1-2H3. The minimum Gasteiger partial charge on any atom is -0.465 e. The van der Waals surface area contributed by atoms with Gasteiger partial charge in [0, 0.05) is 0 Å². The van der Waals surface area contributed by atoms with E-state index in [1.807, 2.05) is 18.2 Å². The van der Waals surface area contributed by atoms with E-state index < -0.39 is 0 Å². The van der Waals surface area contributed by atoms with Gasteiger partial charge in [0.1, 0.15) is 0 Å². The van der Waals surface area contributed by atoms with Gasteiger partial charge in [0.15, 0.2) is 0 Å². The molecule has 0 aromatic heterocycles. The van der Waals surface area contributed by atoms with Gasteiger partial charge in [-0.1, -0.05) is 84.1 Å². The van der Waals surface area contributed by atoms with Gasteiger partial charge in [0.25, 0.3) is 0 Å². The van der Waals surface area contributed by atoms with Crippen LogP contribution in [0.15, 0.2) is 18.2 Å². The topological polar surface area (TPSA) is 52.6 Å². The van der Waals surface area contributed by atoms with Gasteiger partial charge in [0.05, 0.1) is 24.7 Å². The van der Waals surface area contributed by atoms with Gasteiger partial charge in [0.2, 0.25) is 0 Å². The second-order valence-electron chi connectivity index (χ2n) is 9.26. The Kier molecular flexibility index (Phi) is 13.1. The minimum absolute atomic E-state index is 0.0619. The Labute approximate surface area is 195 Å². The Balaban J connectivity index is 1.68. The summed E-state index contributed by atoms with van der Waals surface area (Å²) < 4.78 is 11.0. The summed E-state index contributed by atoms with van der Waals surface area (Å²) in [5, 5.41) is 0. The van der Waals surface area contributed by atoms with Crippen LogP contribution in [-0.2, 0) is 27.1 Å². The number of carbonyl (C=O) groups is 2. The SMILES string of the molecule is CCCCCCCCOC(=O)c1ccc2c(c1)CCC(C(=O)OCCCCCCCC)C2. The van der Waals surface area contributed by atoms with Crippen molar-refractivity contribution in [3.05, 3.63) is 34.9 Å². The molecule has 0 heterocycles. The van der Waals surface area contributed by atoms with Crippen LogP contribution >= 0.6 is 0 Å². The molecule has 0 fully saturated rings. The highest BCUT2D eigenvalue weighted by atomic mass is 16.5. The first-order chi connectivity index (χ1) is 15.7. The third-order valence-electron chi connectivity index (χ3n) is 6.48. The second kappa shape index (κ2) is 15.9. The zero-order valence-corrected chi connectivity index (χ0v) is 20.5. The molecule has 0 N–H and O–H groups in total. The molecule has 0 spiro atoms. The average Bonchev–Trinajstić information content (AvgIpc) is 2.82. The number of benzene rings is 1. The average molecular weight is 445 g/mol. The number of hydrogen-bond donors (Lipinski definition) is 0. The molecule has 4 heteroatoms. The van der Waals surface area contributed by atoms with Crippen LogP contribution in [0.2, 0.25) is 0 Å². The highest BCUT2D eigenvalue weighted by Gasteiger charge is 2.26. The Bertz CT molecular complexity index is 682. The summed E-state index contributed by atoms with van der Waals surface area (Å²) in [7, 11) is 0. The van der Waals surface area contributed by atoms with Gasteiger partial charge in [-0.25, -0.2) is 4.79 Å². The molecular weight excluding hydrogens is 400 g/mol. The molecule has 0 aliphatic heterocycles. The van der Waals surface area contributed by atoms with Crippen molar-refractivity contribution in [2.24, 2.45) is 5.92 Å². The first kappa shape index (κ1) is 26.4. The zero-order valence-electron chi connectivity index (χ0n) is 20.5. The molecule has 180 valence electrons. The summed E-state index contributed by atoms with van der Waals surface area (Å²) >= 11 is 0. The van der Waals surface area contributed by atoms with Gasteiger partial charge in [-0.3, -0.25) is 4.79 Å². The Hall–Kier alpha value is -1.84. The fourth-order valence-corrected chi connectivity index (χ4v) is 4.39. The van der Waals surface area contributed by atoms with Gasteiger partial charge in [-0.15, -0.1) is 0 Å². The third kappa shape index (κ3) is 9.75. The predicted octanol–water partition coefficient (Wildman–Crippen LogP) is 7.21. The number of rotatable bonds is 16. The molecule has 2 rings (SSSR count). The molecule has 1 aliphatic rings. The number of aryl methyl sites for hydroxylation is 1. The molecule has 1 aromatic rings. The number of fused-ring (bicyclic) bond motifs is 1. The van der Waals surface area contributed by atoms with Crippen molar-refractivity contribution >= 4 is 11.9 Å². The molecule has 0 bridgehead atoms. The van der Waals surface area contributed by atoms with Crippen LogP contribution in [0.5, 0.6) is 0 Å². The van der Waals surface area contributed by atoms with E-state index in [2.05, 4.69) is 13.8 Å². The Morgan fingerprint density at radius 3 is 2.03 bits per heavy atom. The number of hydrogen-bond acceptors (Lipinski definition) is 4. The lowest BCUT2D eigenvalue weighted by Gasteiger charge is -2.23. The monoisotopic (exact) mass is 444 g/mol. The molecule has 0 saturated carbocycles. The molecule has 32 heavy (non-hydrogen) atoms. The predicted molar refractivity (Wildman–Crippen MR) is 130 cm³/mol. The van der Waals surface area contributed by atoms with Crippen LogP contribution < -0.4 is 0 Å². The maximum Gasteiger partial charge on any atom is 0.338 e. The molecule has 1 aromatic carbocycles. The molecule has 0 saturated heterocycles. The molecule has 1 aliphatic carbocycles. The van der Waals surface area contributed by atoms with Crippen molar-refractivity contribution in [3.8, 4) is 0 Å². The first-order valence-electron chi connectivity index (χ1n) is 13.1. The zero-order chi connectivity index (χ0) is 23.0. The van der Waals surface area contributed by atoms with E-state index in [0.717, 1.165) is 44.1 Å². The molecule has 0 amide bonds. The van der Waals surface area contributed by atoms with Gasteiger partial charge in [-0.05, 0) is 55.4 Å². The largest absolute Gasteiger partial charge is 0.465 e. The summed E-state index contributed by atoms with van der Waals surface area (Å²) in [6.45, 7) is 5.46. The van der Waals surface area contributed by atoms with Crippen molar-refractivity contribution in [2.75, 3.05) is 13.2 Å². The fraction of sp³-hybridized carbons (Fsp3) is 0.714.